The number of ether oxygens (including phenoxy) is 1. The fraction of sp³-hybridized carbons (Fsp3) is 0.304. The number of hydrogen-bond acceptors (Lipinski definition) is 5. The van der Waals surface area contributed by atoms with E-state index in [4.69, 9.17) is 4.74 Å². The van der Waals surface area contributed by atoms with Crippen LogP contribution in [0.1, 0.15) is 45.7 Å². The topological polar surface area (TPSA) is 92.8 Å². The van der Waals surface area contributed by atoms with Crippen LogP contribution in [-0.4, -0.2) is 41.2 Å². The molecule has 2 aromatic carbocycles. The molecule has 31 heavy (non-hydrogen) atoms. The standard InChI is InChI=1S/C23H23FN2O5/c1-13(2)20(26-21(28)16-6-4-5-7-17(16)22(26)29)23(30)31-12-19(27)25-11-15-9-8-14(3)18(24)10-15/h4-10,13,20H,11-12H2,1-3H3,(H,25,27)/t20-/m0/s1. The molecule has 8 heteroatoms. The molecule has 0 saturated heterocycles. The highest BCUT2D eigenvalue weighted by atomic mass is 19.1. The number of nitrogens with zero attached hydrogens (tertiary/aromatic N) is 1. The largest absolute Gasteiger partial charge is 0.454 e. The second-order valence-electron chi connectivity index (χ2n) is 7.68. The van der Waals surface area contributed by atoms with Crippen molar-refractivity contribution in [3.8, 4) is 0 Å². The number of aryl methyl sites for hydroxylation is 1. The van der Waals surface area contributed by atoms with Gasteiger partial charge in [-0.25, -0.2) is 9.18 Å². The van der Waals surface area contributed by atoms with E-state index in [9.17, 15) is 23.6 Å². The maximum Gasteiger partial charge on any atom is 0.330 e. The first kappa shape index (κ1) is 22.1. The molecule has 0 spiro atoms. The first-order valence-electron chi connectivity index (χ1n) is 9.86. The van der Waals surface area contributed by atoms with Gasteiger partial charge in [-0.15, -0.1) is 0 Å². The number of nitrogens with one attached hydrogen (secondary N) is 1. The minimum atomic E-state index is -1.16. The van der Waals surface area contributed by atoms with Crippen molar-refractivity contribution in [3.05, 3.63) is 70.5 Å². The summed E-state index contributed by atoms with van der Waals surface area (Å²) in [7, 11) is 0. The predicted octanol–water partition coefficient (Wildman–Crippen LogP) is 2.61. The number of halogens is 1. The van der Waals surface area contributed by atoms with Gasteiger partial charge >= 0.3 is 5.97 Å². The molecule has 2 aromatic rings. The van der Waals surface area contributed by atoms with Gasteiger partial charge < -0.3 is 10.1 Å². The molecular formula is C23H23FN2O5. The average Bonchev–Trinajstić information content (AvgIpc) is 2.98. The number of carbonyl (C=O) groups is 4. The number of carbonyl (C=O) groups excluding carboxylic acids is 4. The van der Waals surface area contributed by atoms with Crippen molar-refractivity contribution in [1.82, 2.24) is 10.2 Å². The normalized spacial score (nSPS) is 13.9. The Bertz CT molecular complexity index is 1020. The van der Waals surface area contributed by atoms with E-state index in [1.165, 1.54) is 18.2 Å². The first-order valence-corrected chi connectivity index (χ1v) is 9.86. The lowest BCUT2D eigenvalue weighted by Crippen LogP contribution is -2.49. The van der Waals surface area contributed by atoms with E-state index < -0.39 is 42.3 Å². The summed E-state index contributed by atoms with van der Waals surface area (Å²) in [5.74, 6) is -3.36. The van der Waals surface area contributed by atoms with Crippen LogP contribution >= 0.6 is 0 Å². The number of benzene rings is 2. The maximum atomic E-state index is 13.6. The lowest BCUT2D eigenvalue weighted by atomic mass is 10.0. The van der Waals surface area contributed by atoms with E-state index in [1.54, 1.807) is 45.0 Å². The second-order valence-corrected chi connectivity index (χ2v) is 7.68. The van der Waals surface area contributed by atoms with Gasteiger partial charge in [0.1, 0.15) is 11.9 Å². The Morgan fingerprint density at radius 3 is 2.23 bits per heavy atom. The van der Waals surface area contributed by atoms with Crippen molar-refractivity contribution in [2.24, 2.45) is 5.92 Å². The van der Waals surface area contributed by atoms with Gasteiger partial charge in [0.05, 0.1) is 11.1 Å². The van der Waals surface area contributed by atoms with Crippen LogP contribution in [0.2, 0.25) is 0 Å². The van der Waals surface area contributed by atoms with Crippen LogP contribution in [0.4, 0.5) is 4.39 Å². The fourth-order valence-corrected chi connectivity index (χ4v) is 3.36. The minimum absolute atomic E-state index is 0.0690. The number of fused-ring (bicyclic) bond motifs is 1. The molecule has 0 bridgehead atoms. The molecule has 1 N–H and O–H groups in total. The van der Waals surface area contributed by atoms with Crippen LogP contribution in [-0.2, 0) is 20.9 Å². The zero-order valence-electron chi connectivity index (χ0n) is 17.5. The van der Waals surface area contributed by atoms with Crippen LogP contribution in [0.3, 0.4) is 0 Å². The van der Waals surface area contributed by atoms with Crippen LogP contribution in [0.5, 0.6) is 0 Å². The SMILES string of the molecule is Cc1ccc(CNC(=O)COC(=O)[C@H](C(C)C)N2C(=O)c3ccccc3C2=O)cc1F. The van der Waals surface area contributed by atoms with E-state index in [0.29, 0.717) is 11.1 Å². The molecule has 162 valence electrons. The van der Waals surface area contributed by atoms with Gasteiger partial charge in [0.15, 0.2) is 6.61 Å². The van der Waals surface area contributed by atoms with E-state index in [0.717, 1.165) is 4.90 Å². The van der Waals surface area contributed by atoms with E-state index in [-0.39, 0.29) is 23.5 Å². The Kier molecular flexibility index (Phi) is 6.48. The summed E-state index contributed by atoms with van der Waals surface area (Å²) in [6.45, 7) is 4.48. The Morgan fingerprint density at radius 1 is 1.06 bits per heavy atom. The van der Waals surface area contributed by atoms with Gasteiger partial charge in [0, 0.05) is 6.54 Å². The Labute approximate surface area is 179 Å². The first-order chi connectivity index (χ1) is 14.7. The molecule has 1 aliphatic heterocycles. The highest BCUT2D eigenvalue weighted by molar-refractivity contribution is 6.22. The van der Waals surface area contributed by atoms with Gasteiger partial charge in [-0.05, 0) is 42.2 Å². The van der Waals surface area contributed by atoms with Gasteiger partial charge in [-0.3, -0.25) is 19.3 Å². The van der Waals surface area contributed by atoms with Crippen LogP contribution in [0.25, 0.3) is 0 Å². The third-order valence-corrected chi connectivity index (χ3v) is 5.05. The summed E-state index contributed by atoms with van der Waals surface area (Å²) in [6.07, 6.45) is 0. The zero-order valence-corrected chi connectivity index (χ0v) is 17.5. The molecular weight excluding hydrogens is 403 g/mol. The number of rotatable bonds is 7. The quantitative estimate of drug-likeness (QED) is 0.543. The highest BCUT2D eigenvalue weighted by Gasteiger charge is 2.44. The molecule has 0 radical (unpaired) electrons. The molecule has 1 atom stereocenters. The third-order valence-electron chi connectivity index (χ3n) is 5.05. The monoisotopic (exact) mass is 426 g/mol. The lowest BCUT2D eigenvalue weighted by molar-refractivity contribution is -0.153. The van der Waals surface area contributed by atoms with Crippen LogP contribution < -0.4 is 5.32 Å². The van der Waals surface area contributed by atoms with Crippen molar-refractivity contribution >= 4 is 23.7 Å². The molecule has 0 saturated carbocycles. The average molecular weight is 426 g/mol. The molecule has 7 nitrogen and oxygen atoms in total. The van der Waals surface area contributed by atoms with Crippen molar-refractivity contribution < 1.29 is 28.3 Å². The summed E-state index contributed by atoms with van der Waals surface area (Å²) in [5.41, 5.74) is 1.52. The third kappa shape index (κ3) is 4.63. The van der Waals surface area contributed by atoms with Crippen LogP contribution in [0.15, 0.2) is 42.5 Å². The summed E-state index contributed by atoms with van der Waals surface area (Å²) < 4.78 is 18.7. The Hall–Kier alpha value is -3.55. The molecule has 3 amide bonds. The highest BCUT2D eigenvalue weighted by Crippen LogP contribution is 2.27. The lowest BCUT2D eigenvalue weighted by Gasteiger charge is -2.27. The number of amides is 3. The van der Waals surface area contributed by atoms with Crippen LogP contribution in [0, 0.1) is 18.7 Å². The molecule has 1 aliphatic rings. The fourth-order valence-electron chi connectivity index (χ4n) is 3.36. The van der Waals surface area contributed by atoms with Gasteiger partial charge in [0.25, 0.3) is 17.7 Å². The Balaban J connectivity index is 1.61. The van der Waals surface area contributed by atoms with Crippen molar-refractivity contribution in [1.29, 1.82) is 0 Å². The Morgan fingerprint density at radius 2 is 1.68 bits per heavy atom. The summed E-state index contributed by atoms with van der Waals surface area (Å²) >= 11 is 0. The van der Waals surface area contributed by atoms with Gasteiger partial charge in [-0.1, -0.05) is 38.1 Å². The smallest absolute Gasteiger partial charge is 0.330 e. The van der Waals surface area contributed by atoms with Gasteiger partial charge in [-0.2, -0.15) is 0 Å². The van der Waals surface area contributed by atoms with Crippen molar-refractivity contribution in [3.63, 3.8) is 0 Å². The summed E-state index contributed by atoms with van der Waals surface area (Å²) in [6, 6.07) is 9.78. The van der Waals surface area contributed by atoms with Gasteiger partial charge in [0.2, 0.25) is 0 Å². The molecule has 1 heterocycles. The minimum Gasteiger partial charge on any atom is -0.454 e. The number of esters is 1. The molecule has 0 aliphatic carbocycles. The van der Waals surface area contributed by atoms with Crippen molar-refractivity contribution in [2.75, 3.05) is 6.61 Å². The summed E-state index contributed by atoms with van der Waals surface area (Å²) in [5, 5.41) is 2.54. The maximum absolute atomic E-state index is 13.6. The second kappa shape index (κ2) is 9.07. The molecule has 3 rings (SSSR count). The predicted molar refractivity (Wildman–Crippen MR) is 110 cm³/mol. The molecule has 0 unspecified atom stereocenters. The summed E-state index contributed by atoms with van der Waals surface area (Å²) in [4.78, 5) is 51.0. The van der Waals surface area contributed by atoms with E-state index in [1.807, 2.05) is 0 Å². The number of hydrogen-bond donors (Lipinski definition) is 1. The van der Waals surface area contributed by atoms with Crippen molar-refractivity contribution in [2.45, 2.75) is 33.4 Å². The molecule has 0 aromatic heterocycles. The zero-order chi connectivity index (χ0) is 22.7. The van der Waals surface area contributed by atoms with E-state index in [2.05, 4.69) is 5.32 Å². The van der Waals surface area contributed by atoms with E-state index >= 15 is 0 Å². The number of imide groups is 1. The molecule has 0 fully saturated rings.